The minimum Gasteiger partial charge on any atom is -0.368 e. The number of carbonyl (C=O) groups excluding carboxylic acids is 1. The monoisotopic (exact) mass is 421 g/mol. The molecule has 2 aromatic carbocycles. The summed E-state index contributed by atoms with van der Waals surface area (Å²) in [5, 5.41) is 0. The number of benzene rings is 2. The standard InChI is InChI=1S/C26H32FN3O/c27-23-7-4-20(5-8-23)9-14-28-15-11-24(12-16-28)30-17-10-22-6-3-21(18-25(22)30)19-29-13-1-2-26(29)31/h3-8,18,24H,1-2,9-17,19H2. The fraction of sp³-hybridized carbons (Fsp3) is 0.500. The predicted molar refractivity (Wildman–Crippen MR) is 122 cm³/mol. The van der Waals surface area contributed by atoms with Gasteiger partial charge in [0.15, 0.2) is 0 Å². The summed E-state index contributed by atoms with van der Waals surface area (Å²) in [6.45, 7) is 6.06. The summed E-state index contributed by atoms with van der Waals surface area (Å²) in [6, 6.07) is 14.4. The van der Waals surface area contributed by atoms with Crippen molar-refractivity contribution >= 4 is 11.6 Å². The van der Waals surface area contributed by atoms with Crippen LogP contribution in [0, 0.1) is 5.82 Å². The molecule has 2 aromatic rings. The van der Waals surface area contributed by atoms with Gasteiger partial charge in [-0.2, -0.15) is 0 Å². The van der Waals surface area contributed by atoms with E-state index >= 15 is 0 Å². The maximum absolute atomic E-state index is 13.1. The van der Waals surface area contributed by atoms with E-state index < -0.39 is 0 Å². The Morgan fingerprint density at radius 1 is 0.903 bits per heavy atom. The highest BCUT2D eigenvalue weighted by Crippen LogP contribution is 2.34. The normalized spacial score (nSPS) is 20.0. The number of hydrogen-bond acceptors (Lipinski definition) is 3. The number of fused-ring (bicyclic) bond motifs is 1. The Bertz CT molecular complexity index is 921. The van der Waals surface area contributed by atoms with E-state index in [1.165, 1.54) is 35.2 Å². The molecular formula is C26H32FN3O. The van der Waals surface area contributed by atoms with Gasteiger partial charge in [-0.25, -0.2) is 4.39 Å². The molecule has 164 valence electrons. The molecule has 0 spiro atoms. The zero-order valence-electron chi connectivity index (χ0n) is 18.2. The first kappa shape index (κ1) is 20.5. The Balaban J connectivity index is 1.17. The summed E-state index contributed by atoms with van der Waals surface area (Å²) >= 11 is 0. The first-order chi connectivity index (χ1) is 15.2. The third-order valence-corrected chi connectivity index (χ3v) is 7.25. The summed E-state index contributed by atoms with van der Waals surface area (Å²) in [5.74, 6) is 0.135. The second kappa shape index (κ2) is 8.99. The average Bonchev–Trinajstić information content (AvgIpc) is 3.40. The van der Waals surface area contributed by atoms with Gasteiger partial charge in [0, 0.05) is 57.4 Å². The third-order valence-electron chi connectivity index (χ3n) is 7.25. The molecule has 3 aliphatic heterocycles. The van der Waals surface area contributed by atoms with Crippen LogP contribution in [0.3, 0.4) is 0 Å². The number of carbonyl (C=O) groups is 1. The van der Waals surface area contributed by atoms with Gasteiger partial charge in [0.05, 0.1) is 0 Å². The highest BCUT2D eigenvalue weighted by atomic mass is 19.1. The van der Waals surface area contributed by atoms with Gasteiger partial charge in [-0.05, 0) is 67.0 Å². The van der Waals surface area contributed by atoms with Crippen LogP contribution in [0.4, 0.5) is 10.1 Å². The first-order valence-corrected chi connectivity index (χ1v) is 11.8. The molecule has 1 amide bonds. The number of halogens is 1. The molecule has 2 fully saturated rings. The molecule has 0 aliphatic carbocycles. The molecule has 3 heterocycles. The van der Waals surface area contributed by atoms with Crippen LogP contribution in [-0.4, -0.2) is 54.5 Å². The number of rotatable bonds is 6. The number of hydrogen-bond donors (Lipinski definition) is 0. The van der Waals surface area contributed by atoms with Crippen molar-refractivity contribution in [1.29, 1.82) is 0 Å². The van der Waals surface area contributed by atoms with Gasteiger partial charge in [-0.15, -0.1) is 0 Å². The topological polar surface area (TPSA) is 26.8 Å². The van der Waals surface area contributed by atoms with Gasteiger partial charge in [0.2, 0.25) is 5.91 Å². The van der Waals surface area contributed by atoms with Crippen molar-refractivity contribution in [1.82, 2.24) is 9.80 Å². The number of nitrogens with zero attached hydrogens (tertiary/aromatic N) is 3. The summed E-state index contributed by atoms with van der Waals surface area (Å²) in [6.07, 6.45) is 6.20. The SMILES string of the molecule is O=C1CCCN1Cc1ccc2c(c1)N(C1CCN(CCc3ccc(F)cc3)CC1)CC2. The third kappa shape index (κ3) is 4.62. The maximum atomic E-state index is 13.1. The molecule has 0 bridgehead atoms. The van der Waals surface area contributed by atoms with Gasteiger partial charge >= 0.3 is 0 Å². The van der Waals surface area contributed by atoms with E-state index in [1.807, 2.05) is 17.0 Å². The number of likely N-dealkylation sites (tertiary alicyclic amines) is 2. The van der Waals surface area contributed by atoms with Crippen molar-refractivity contribution in [2.45, 2.75) is 51.1 Å². The Morgan fingerprint density at radius 3 is 2.42 bits per heavy atom. The molecule has 0 unspecified atom stereocenters. The van der Waals surface area contributed by atoms with Crippen LogP contribution < -0.4 is 4.90 Å². The van der Waals surface area contributed by atoms with Crippen LogP contribution in [0.5, 0.6) is 0 Å². The molecule has 0 radical (unpaired) electrons. The summed E-state index contributed by atoms with van der Waals surface area (Å²) in [4.78, 5) is 19.2. The molecule has 5 heteroatoms. The van der Waals surface area contributed by atoms with Crippen molar-refractivity contribution in [2.75, 3.05) is 37.6 Å². The molecule has 0 N–H and O–H groups in total. The smallest absolute Gasteiger partial charge is 0.222 e. The van der Waals surface area contributed by atoms with Gasteiger partial charge in [-0.1, -0.05) is 24.3 Å². The van der Waals surface area contributed by atoms with Crippen LogP contribution in [0.1, 0.15) is 42.4 Å². The Kier molecular flexibility index (Phi) is 5.95. The van der Waals surface area contributed by atoms with E-state index in [9.17, 15) is 9.18 Å². The van der Waals surface area contributed by atoms with Gasteiger partial charge in [0.25, 0.3) is 0 Å². The lowest BCUT2D eigenvalue weighted by Gasteiger charge is -2.38. The van der Waals surface area contributed by atoms with Crippen molar-refractivity contribution in [3.05, 3.63) is 65.0 Å². The number of piperidine rings is 1. The van der Waals surface area contributed by atoms with Gasteiger partial charge in [0.1, 0.15) is 5.82 Å². The van der Waals surface area contributed by atoms with Crippen LogP contribution in [0.25, 0.3) is 0 Å². The van der Waals surface area contributed by atoms with Crippen molar-refractivity contribution in [3.8, 4) is 0 Å². The average molecular weight is 422 g/mol. The lowest BCUT2D eigenvalue weighted by molar-refractivity contribution is -0.128. The van der Waals surface area contributed by atoms with E-state index in [0.29, 0.717) is 18.4 Å². The molecule has 31 heavy (non-hydrogen) atoms. The summed E-state index contributed by atoms with van der Waals surface area (Å²) < 4.78 is 13.1. The minimum absolute atomic E-state index is 0.161. The fourth-order valence-electron chi connectivity index (χ4n) is 5.41. The first-order valence-electron chi connectivity index (χ1n) is 11.8. The highest BCUT2D eigenvalue weighted by molar-refractivity contribution is 5.78. The Morgan fingerprint density at radius 2 is 1.68 bits per heavy atom. The largest absolute Gasteiger partial charge is 0.368 e. The van der Waals surface area contributed by atoms with Crippen molar-refractivity contribution in [3.63, 3.8) is 0 Å². The van der Waals surface area contributed by atoms with Gasteiger partial charge < -0.3 is 14.7 Å². The van der Waals surface area contributed by atoms with Crippen LogP contribution in [0.15, 0.2) is 42.5 Å². The molecule has 4 nitrogen and oxygen atoms in total. The van der Waals surface area contributed by atoms with Crippen LogP contribution >= 0.6 is 0 Å². The lowest BCUT2D eigenvalue weighted by atomic mass is 10.0. The highest BCUT2D eigenvalue weighted by Gasteiger charge is 2.30. The van der Waals surface area contributed by atoms with E-state index in [1.54, 1.807) is 12.1 Å². The van der Waals surface area contributed by atoms with Crippen molar-refractivity contribution < 1.29 is 9.18 Å². The van der Waals surface area contributed by atoms with E-state index in [4.69, 9.17) is 0 Å². The molecule has 3 aliphatic rings. The Labute approximate surface area is 184 Å². The molecule has 5 rings (SSSR count). The van der Waals surface area contributed by atoms with E-state index in [0.717, 1.165) is 58.5 Å². The Hall–Kier alpha value is -2.40. The van der Waals surface area contributed by atoms with E-state index in [2.05, 4.69) is 28.0 Å². The molecule has 2 saturated heterocycles. The molecule has 0 atom stereocenters. The number of amides is 1. The minimum atomic E-state index is -0.161. The van der Waals surface area contributed by atoms with Crippen LogP contribution in [-0.2, 0) is 24.2 Å². The summed E-state index contributed by atoms with van der Waals surface area (Å²) in [5.41, 5.74) is 5.32. The second-order valence-corrected chi connectivity index (χ2v) is 9.27. The lowest BCUT2D eigenvalue weighted by Crippen LogP contribution is -2.45. The fourth-order valence-corrected chi connectivity index (χ4v) is 5.41. The predicted octanol–water partition coefficient (Wildman–Crippen LogP) is 4.02. The molecule has 0 aromatic heterocycles. The zero-order chi connectivity index (χ0) is 21.2. The van der Waals surface area contributed by atoms with Crippen molar-refractivity contribution in [2.24, 2.45) is 0 Å². The quantitative estimate of drug-likeness (QED) is 0.705. The second-order valence-electron chi connectivity index (χ2n) is 9.27. The summed E-state index contributed by atoms with van der Waals surface area (Å²) in [7, 11) is 0. The molecular weight excluding hydrogens is 389 g/mol. The van der Waals surface area contributed by atoms with Gasteiger partial charge in [-0.3, -0.25) is 4.79 Å². The van der Waals surface area contributed by atoms with Crippen LogP contribution in [0.2, 0.25) is 0 Å². The zero-order valence-corrected chi connectivity index (χ0v) is 18.2. The maximum Gasteiger partial charge on any atom is 0.222 e. The molecule has 0 saturated carbocycles. The van der Waals surface area contributed by atoms with E-state index in [-0.39, 0.29) is 5.82 Å². The number of anilines is 1.